The highest BCUT2D eigenvalue weighted by atomic mass is 19.4. The number of nitrogens with one attached hydrogen (secondary N) is 1. The van der Waals surface area contributed by atoms with E-state index in [0.29, 0.717) is 43.4 Å². The minimum atomic E-state index is -6.89. The predicted octanol–water partition coefficient (Wildman–Crippen LogP) is 7.74. The Morgan fingerprint density at radius 1 is 0.983 bits per heavy atom. The maximum absolute atomic E-state index is 17.2. The number of terminal acetylenes is 1. The predicted molar refractivity (Wildman–Crippen MR) is 191 cm³/mol. The molecule has 0 spiro atoms. The van der Waals surface area contributed by atoms with Crippen LogP contribution in [0.25, 0.3) is 32.9 Å². The third-order valence-corrected chi connectivity index (χ3v) is 12.0. The molecule has 0 aliphatic carbocycles. The Balaban J connectivity index is 1.22. The fourth-order valence-electron chi connectivity index (χ4n) is 9.23. The number of rotatable bonds is 7. The first-order valence-corrected chi connectivity index (χ1v) is 18.8. The van der Waals surface area contributed by atoms with Gasteiger partial charge in [-0.1, -0.05) is 18.9 Å². The fraction of sp³-hybridized carbons (Fsp3) is 0.513. The molecular formula is C39H35F11N6O3. The lowest BCUT2D eigenvalue weighted by Gasteiger charge is -2.40. The maximum Gasteiger partial charge on any atom is 0.435 e. The summed E-state index contributed by atoms with van der Waals surface area (Å²) >= 11 is 0. The molecule has 4 aliphatic rings. The molecule has 2 aromatic heterocycles. The number of hydrogen-bond acceptors (Lipinski definition) is 9. The Morgan fingerprint density at radius 3 is 2.39 bits per heavy atom. The normalized spacial score (nSPS) is 24.0. The Morgan fingerprint density at radius 2 is 1.71 bits per heavy atom. The summed E-state index contributed by atoms with van der Waals surface area (Å²) in [5, 5.41) is 14.8. The number of aromatic hydroxyl groups is 1. The third kappa shape index (κ3) is 6.54. The molecule has 9 nitrogen and oxygen atoms in total. The second-order valence-corrected chi connectivity index (χ2v) is 15.5. The van der Waals surface area contributed by atoms with Crippen molar-refractivity contribution in [1.29, 1.82) is 0 Å². The van der Waals surface area contributed by atoms with Crippen molar-refractivity contribution < 1.29 is 62.9 Å². The molecule has 4 aliphatic heterocycles. The number of phenols is 1. The van der Waals surface area contributed by atoms with Gasteiger partial charge in [0, 0.05) is 42.7 Å². The van der Waals surface area contributed by atoms with E-state index in [-0.39, 0.29) is 69.7 Å². The molecule has 4 aromatic rings. The van der Waals surface area contributed by atoms with Crippen molar-refractivity contribution in [1.82, 2.24) is 25.2 Å². The van der Waals surface area contributed by atoms with Crippen LogP contribution in [-0.2, 0) is 11.2 Å². The number of hydrogen-bond donors (Lipinski definition) is 2. The van der Waals surface area contributed by atoms with Gasteiger partial charge in [0.25, 0.3) is 0 Å². The number of ether oxygens (including phenoxy) is 2. The molecule has 6 heterocycles. The van der Waals surface area contributed by atoms with Crippen molar-refractivity contribution in [3.63, 3.8) is 0 Å². The lowest BCUT2D eigenvalue weighted by Crippen LogP contribution is -2.68. The SMILES string of the molecule is C#Cc1c(F)ccc2cc(O)cc(-c3nc4c5c(nc(OC[C@@]67CCCN6C[C@H](OC(C(F)(F)F)(C(F)(F)F)C(F)(F)F)C7)nc5c3F)N3C[C@@H](CC)NC[C@H]3CC4)c12. The van der Waals surface area contributed by atoms with Gasteiger partial charge < -0.3 is 24.8 Å². The zero-order chi connectivity index (χ0) is 42.4. The average molecular weight is 845 g/mol. The Labute approximate surface area is 328 Å². The number of alkyl halides is 9. The number of aromatic nitrogens is 3. The van der Waals surface area contributed by atoms with Crippen LogP contribution in [0.3, 0.4) is 0 Å². The Bertz CT molecular complexity index is 2330. The van der Waals surface area contributed by atoms with Crippen LogP contribution in [0.5, 0.6) is 11.8 Å². The molecular weight excluding hydrogens is 809 g/mol. The van der Waals surface area contributed by atoms with Gasteiger partial charge in [0.1, 0.15) is 35.2 Å². The Hall–Kier alpha value is -4.74. The molecule has 20 heteroatoms. The molecule has 3 saturated heterocycles. The summed E-state index contributed by atoms with van der Waals surface area (Å²) in [7, 11) is 0. The van der Waals surface area contributed by atoms with E-state index in [4.69, 9.17) is 16.1 Å². The summed E-state index contributed by atoms with van der Waals surface area (Å²) in [5.41, 5.74) is -8.31. The number of nitrogens with zero attached hydrogens (tertiary/aromatic N) is 5. The quantitative estimate of drug-likeness (QED) is 0.143. The van der Waals surface area contributed by atoms with Crippen LogP contribution < -0.4 is 15.0 Å². The second-order valence-electron chi connectivity index (χ2n) is 15.5. The highest BCUT2D eigenvalue weighted by molar-refractivity contribution is 6.03. The van der Waals surface area contributed by atoms with Crippen LogP contribution in [0.2, 0.25) is 0 Å². The van der Waals surface area contributed by atoms with E-state index in [2.05, 4.69) is 25.9 Å². The highest BCUT2D eigenvalue weighted by Crippen LogP contribution is 2.57. The smallest absolute Gasteiger partial charge is 0.435 e. The molecule has 0 amide bonds. The molecule has 0 radical (unpaired) electrons. The zero-order valence-electron chi connectivity index (χ0n) is 31.1. The average Bonchev–Trinajstić information content (AvgIpc) is 3.66. The summed E-state index contributed by atoms with van der Waals surface area (Å²) in [5.74, 6) is 0.441. The number of halogens is 11. The minimum absolute atomic E-state index is 0.00595. The van der Waals surface area contributed by atoms with Crippen LogP contribution in [0, 0.1) is 24.0 Å². The Kier molecular flexibility index (Phi) is 9.86. The van der Waals surface area contributed by atoms with Crippen molar-refractivity contribution in [3.05, 3.63) is 47.2 Å². The number of benzene rings is 2. The van der Waals surface area contributed by atoms with Crippen LogP contribution in [0.1, 0.15) is 50.3 Å². The van der Waals surface area contributed by atoms with E-state index in [1.54, 1.807) is 0 Å². The molecule has 0 unspecified atom stereocenters. The van der Waals surface area contributed by atoms with E-state index >= 15 is 8.78 Å². The van der Waals surface area contributed by atoms with Crippen molar-refractivity contribution in [2.45, 2.75) is 93.3 Å². The maximum atomic E-state index is 17.2. The molecule has 2 aromatic carbocycles. The van der Waals surface area contributed by atoms with Crippen molar-refractivity contribution in [2.24, 2.45) is 0 Å². The molecule has 2 N–H and O–H groups in total. The van der Waals surface area contributed by atoms with Crippen LogP contribution in [0.4, 0.5) is 54.1 Å². The summed E-state index contributed by atoms with van der Waals surface area (Å²) in [6.07, 6.45) is -15.8. The van der Waals surface area contributed by atoms with Gasteiger partial charge in [-0.25, -0.2) is 13.8 Å². The third-order valence-electron chi connectivity index (χ3n) is 12.0. The zero-order valence-corrected chi connectivity index (χ0v) is 31.1. The minimum Gasteiger partial charge on any atom is -0.508 e. The second kappa shape index (κ2) is 14.2. The van der Waals surface area contributed by atoms with E-state index < -0.39 is 73.0 Å². The number of fused-ring (bicyclic) bond motifs is 4. The van der Waals surface area contributed by atoms with Crippen molar-refractivity contribution >= 4 is 27.5 Å². The van der Waals surface area contributed by atoms with Crippen molar-refractivity contribution in [3.8, 4) is 35.4 Å². The number of piperazine rings is 1. The fourth-order valence-corrected chi connectivity index (χ4v) is 9.23. The van der Waals surface area contributed by atoms with Gasteiger partial charge >= 0.3 is 30.1 Å². The van der Waals surface area contributed by atoms with Gasteiger partial charge in [-0.05, 0) is 68.7 Å². The van der Waals surface area contributed by atoms with Crippen LogP contribution in [-0.4, -0.2) is 106 Å². The summed E-state index contributed by atoms with van der Waals surface area (Å²) in [6, 6.07) is 4.38. The summed E-state index contributed by atoms with van der Waals surface area (Å²) < 4.78 is 167. The first kappa shape index (κ1) is 41.0. The lowest BCUT2D eigenvalue weighted by molar-refractivity contribution is -0.463. The van der Waals surface area contributed by atoms with Gasteiger partial charge in [-0.2, -0.15) is 49.5 Å². The highest BCUT2D eigenvalue weighted by Gasteiger charge is 2.86. The van der Waals surface area contributed by atoms with E-state index in [9.17, 15) is 44.6 Å². The first-order valence-electron chi connectivity index (χ1n) is 18.8. The van der Waals surface area contributed by atoms with Gasteiger partial charge in [0.05, 0.1) is 28.3 Å². The van der Waals surface area contributed by atoms with Gasteiger partial charge in [-0.15, -0.1) is 6.42 Å². The number of phenolic OH excluding ortho intramolecular Hbond substituents is 1. The largest absolute Gasteiger partial charge is 0.508 e. The molecule has 8 rings (SSSR count). The summed E-state index contributed by atoms with van der Waals surface area (Å²) in [4.78, 5) is 17.2. The van der Waals surface area contributed by atoms with E-state index in [0.717, 1.165) is 12.5 Å². The first-order chi connectivity index (χ1) is 27.7. The monoisotopic (exact) mass is 844 g/mol. The van der Waals surface area contributed by atoms with Gasteiger partial charge in [-0.3, -0.25) is 4.90 Å². The summed E-state index contributed by atoms with van der Waals surface area (Å²) in [6.45, 7) is 1.82. The standard InChI is InChI=1S/C39H35F11N6O3/c1-3-20-16-56-21(15-51-20)7-9-27-29-32(30(41)31(52-27)25-13-22(57)12-19-6-8-26(40)24(4-2)28(19)25)53-34(54-33(29)56)58-18-35-10-5-11-55(35)17-23(14-35)59-36(37(42,43)44,38(45,46)47)39(48,49)50/h2,6,8,12-13,20-21,23,51,57H,3,5,7,9-11,14-18H2,1H3/t20-,21-,23-,35+/m1/s1. The topological polar surface area (TPSA) is 95.9 Å². The molecule has 59 heavy (non-hydrogen) atoms. The molecule has 3 fully saturated rings. The van der Waals surface area contributed by atoms with Gasteiger partial charge in [0.15, 0.2) is 5.82 Å². The van der Waals surface area contributed by atoms with Gasteiger partial charge in [0.2, 0.25) is 0 Å². The molecule has 0 bridgehead atoms. The molecule has 0 saturated carbocycles. The van der Waals surface area contributed by atoms with Crippen LogP contribution >= 0.6 is 0 Å². The lowest BCUT2D eigenvalue weighted by atomic mass is 9.93. The number of aryl methyl sites for hydroxylation is 1. The van der Waals surface area contributed by atoms with Crippen molar-refractivity contribution in [2.75, 3.05) is 37.7 Å². The molecule has 4 atom stereocenters. The van der Waals surface area contributed by atoms with E-state index in [1.165, 1.54) is 23.1 Å². The van der Waals surface area contributed by atoms with E-state index in [1.807, 2.05) is 11.8 Å². The number of anilines is 1. The number of pyridine rings is 1. The molecule has 316 valence electrons. The van der Waals surface area contributed by atoms with Crippen LogP contribution in [0.15, 0.2) is 24.3 Å².